The number of ketones is 1. The van der Waals surface area contributed by atoms with E-state index in [9.17, 15) is 14.4 Å². The van der Waals surface area contributed by atoms with Gasteiger partial charge in [0.2, 0.25) is 0 Å². The highest BCUT2D eigenvalue weighted by atomic mass is 16.3. The van der Waals surface area contributed by atoms with Gasteiger partial charge in [0.15, 0.2) is 11.5 Å². The Labute approximate surface area is 122 Å². The minimum atomic E-state index is -0.982. The predicted molar refractivity (Wildman–Crippen MR) is 72.9 cm³/mol. The molecule has 3 rings (SSSR count). The predicted octanol–water partition coefficient (Wildman–Crippen LogP) is 1.44. The van der Waals surface area contributed by atoms with Gasteiger partial charge < -0.3 is 4.42 Å². The van der Waals surface area contributed by atoms with Crippen LogP contribution in [-0.4, -0.2) is 17.6 Å². The molecule has 2 amide bonds. The molecule has 6 heteroatoms. The van der Waals surface area contributed by atoms with Gasteiger partial charge in [-0.2, -0.15) is 0 Å². The first-order valence-corrected chi connectivity index (χ1v) is 7.07. The number of fused-ring (bicyclic) bond motifs is 2. The standard InChI is InChI=1S/C15H18N2O4/c1-14(2)9-5-6-15(8-9,12(14)19)13(20)17-16-11(18)10-4-3-7-21-10/h3-4,7,9H,5-6,8H2,1-2H3,(H,16,18)(H,17,20). The lowest BCUT2D eigenvalue weighted by Crippen LogP contribution is -2.52. The van der Waals surface area contributed by atoms with Gasteiger partial charge in [0.25, 0.3) is 5.91 Å². The molecule has 0 aliphatic heterocycles. The molecular formula is C15H18N2O4. The molecule has 0 spiro atoms. The Hall–Kier alpha value is -2.11. The Morgan fingerprint density at radius 1 is 1.33 bits per heavy atom. The van der Waals surface area contributed by atoms with Gasteiger partial charge in [-0.3, -0.25) is 25.2 Å². The van der Waals surface area contributed by atoms with Crippen molar-refractivity contribution in [1.82, 2.24) is 10.9 Å². The molecule has 0 radical (unpaired) electrons. The normalized spacial score (nSPS) is 29.4. The summed E-state index contributed by atoms with van der Waals surface area (Å²) in [5.41, 5.74) is 3.24. The van der Waals surface area contributed by atoms with Gasteiger partial charge in [0.05, 0.1) is 6.26 Å². The Morgan fingerprint density at radius 3 is 2.67 bits per heavy atom. The van der Waals surface area contributed by atoms with E-state index in [1.165, 1.54) is 12.3 Å². The van der Waals surface area contributed by atoms with Crippen LogP contribution in [0.15, 0.2) is 22.8 Å². The van der Waals surface area contributed by atoms with Crippen molar-refractivity contribution in [2.24, 2.45) is 16.7 Å². The van der Waals surface area contributed by atoms with E-state index in [-0.39, 0.29) is 17.5 Å². The molecule has 2 aliphatic carbocycles. The summed E-state index contributed by atoms with van der Waals surface area (Å²) in [6.45, 7) is 3.80. The van der Waals surface area contributed by atoms with E-state index in [0.717, 1.165) is 6.42 Å². The molecule has 1 aromatic heterocycles. The van der Waals surface area contributed by atoms with Crippen molar-refractivity contribution in [2.45, 2.75) is 33.1 Å². The maximum absolute atomic E-state index is 12.5. The minimum Gasteiger partial charge on any atom is -0.459 e. The van der Waals surface area contributed by atoms with E-state index in [4.69, 9.17) is 4.42 Å². The van der Waals surface area contributed by atoms with Crippen LogP contribution in [0.3, 0.4) is 0 Å². The largest absolute Gasteiger partial charge is 0.459 e. The third kappa shape index (κ3) is 1.89. The topological polar surface area (TPSA) is 88.4 Å². The quantitative estimate of drug-likeness (QED) is 0.637. The fourth-order valence-corrected chi connectivity index (χ4v) is 3.68. The number of amides is 2. The van der Waals surface area contributed by atoms with Crippen molar-refractivity contribution in [3.8, 4) is 0 Å². The van der Waals surface area contributed by atoms with Gasteiger partial charge in [-0.1, -0.05) is 13.8 Å². The van der Waals surface area contributed by atoms with Crippen molar-refractivity contribution in [3.63, 3.8) is 0 Å². The first-order valence-electron chi connectivity index (χ1n) is 7.07. The second-order valence-corrected chi connectivity index (χ2v) is 6.46. The van der Waals surface area contributed by atoms with Gasteiger partial charge in [-0.25, -0.2) is 0 Å². The summed E-state index contributed by atoms with van der Waals surface area (Å²) >= 11 is 0. The number of hydrogen-bond acceptors (Lipinski definition) is 4. The lowest BCUT2D eigenvalue weighted by atomic mass is 9.70. The third-order valence-corrected chi connectivity index (χ3v) is 5.02. The number of Topliss-reactive ketones (excluding diaryl/α,β-unsaturated/α-hetero) is 1. The Balaban J connectivity index is 1.69. The van der Waals surface area contributed by atoms with Crippen LogP contribution in [0.5, 0.6) is 0 Å². The van der Waals surface area contributed by atoms with E-state index in [1.807, 2.05) is 13.8 Å². The molecule has 2 unspecified atom stereocenters. The molecule has 2 fully saturated rings. The van der Waals surface area contributed by atoms with E-state index >= 15 is 0 Å². The summed E-state index contributed by atoms with van der Waals surface area (Å²) in [7, 11) is 0. The zero-order chi connectivity index (χ0) is 15.3. The highest BCUT2D eigenvalue weighted by Gasteiger charge is 2.65. The summed E-state index contributed by atoms with van der Waals surface area (Å²) < 4.78 is 4.94. The Bertz CT molecular complexity index is 605. The first-order chi connectivity index (χ1) is 9.88. The lowest BCUT2D eigenvalue weighted by Gasteiger charge is -2.32. The molecule has 0 aromatic carbocycles. The summed E-state index contributed by atoms with van der Waals surface area (Å²) in [5.74, 6) is -0.618. The van der Waals surface area contributed by atoms with Crippen LogP contribution in [0, 0.1) is 16.7 Å². The summed E-state index contributed by atoms with van der Waals surface area (Å²) in [5, 5.41) is 0. The number of hydrogen-bond donors (Lipinski definition) is 2. The lowest BCUT2D eigenvalue weighted by molar-refractivity contribution is -0.145. The molecule has 2 bridgehead atoms. The van der Waals surface area contributed by atoms with Crippen LogP contribution >= 0.6 is 0 Å². The number of carbonyl (C=O) groups is 3. The van der Waals surface area contributed by atoms with Crippen LogP contribution in [0.1, 0.15) is 43.7 Å². The second-order valence-electron chi connectivity index (χ2n) is 6.46. The van der Waals surface area contributed by atoms with Crippen molar-refractivity contribution in [3.05, 3.63) is 24.2 Å². The smallest absolute Gasteiger partial charge is 0.305 e. The SMILES string of the molecule is CC1(C)C(=O)C2(C(=O)NNC(=O)c3ccco3)CCC1C2. The fraction of sp³-hybridized carbons (Fsp3) is 0.533. The molecule has 1 aromatic rings. The van der Waals surface area contributed by atoms with Crippen molar-refractivity contribution < 1.29 is 18.8 Å². The molecule has 2 aliphatic rings. The maximum Gasteiger partial charge on any atom is 0.305 e. The van der Waals surface area contributed by atoms with Crippen molar-refractivity contribution >= 4 is 17.6 Å². The summed E-state index contributed by atoms with van der Waals surface area (Å²) in [6, 6.07) is 3.08. The third-order valence-electron chi connectivity index (χ3n) is 5.02. The van der Waals surface area contributed by atoms with E-state index in [2.05, 4.69) is 10.9 Å². The highest BCUT2D eigenvalue weighted by molar-refractivity contribution is 6.11. The van der Waals surface area contributed by atoms with Gasteiger partial charge in [-0.05, 0) is 37.3 Å². The molecular weight excluding hydrogens is 272 g/mol. The molecule has 2 saturated carbocycles. The minimum absolute atomic E-state index is 0.0176. The first kappa shape index (κ1) is 13.9. The zero-order valence-corrected chi connectivity index (χ0v) is 12.1. The number of rotatable bonds is 2. The second kappa shape index (κ2) is 4.44. The fourth-order valence-electron chi connectivity index (χ4n) is 3.68. The van der Waals surface area contributed by atoms with Gasteiger partial charge in [0.1, 0.15) is 5.41 Å². The molecule has 112 valence electrons. The molecule has 1 heterocycles. The molecule has 21 heavy (non-hydrogen) atoms. The summed E-state index contributed by atoms with van der Waals surface area (Å²) in [6.07, 6.45) is 3.38. The molecule has 6 nitrogen and oxygen atoms in total. The van der Waals surface area contributed by atoms with Gasteiger partial charge in [-0.15, -0.1) is 0 Å². The van der Waals surface area contributed by atoms with Crippen LogP contribution in [0.25, 0.3) is 0 Å². The Morgan fingerprint density at radius 2 is 2.10 bits per heavy atom. The van der Waals surface area contributed by atoms with E-state index < -0.39 is 22.6 Å². The monoisotopic (exact) mass is 290 g/mol. The number of furan rings is 1. The number of hydrazine groups is 1. The molecule has 0 saturated heterocycles. The van der Waals surface area contributed by atoms with Crippen molar-refractivity contribution in [2.75, 3.05) is 0 Å². The van der Waals surface area contributed by atoms with E-state index in [1.54, 1.807) is 6.07 Å². The maximum atomic E-state index is 12.5. The number of nitrogens with one attached hydrogen (secondary N) is 2. The van der Waals surface area contributed by atoms with Crippen molar-refractivity contribution in [1.29, 1.82) is 0 Å². The van der Waals surface area contributed by atoms with Gasteiger partial charge in [0, 0.05) is 5.41 Å². The highest BCUT2D eigenvalue weighted by Crippen LogP contribution is 2.60. The average Bonchev–Trinajstić information content (AvgIpc) is 3.15. The molecule has 2 N–H and O–H groups in total. The average molecular weight is 290 g/mol. The van der Waals surface area contributed by atoms with Crippen LogP contribution < -0.4 is 10.9 Å². The van der Waals surface area contributed by atoms with Crippen LogP contribution in [0.2, 0.25) is 0 Å². The van der Waals surface area contributed by atoms with E-state index in [0.29, 0.717) is 12.8 Å². The van der Waals surface area contributed by atoms with Crippen LogP contribution in [0.4, 0.5) is 0 Å². The Kier molecular flexibility index (Phi) is 2.93. The summed E-state index contributed by atoms with van der Waals surface area (Å²) in [4.78, 5) is 36.7. The van der Waals surface area contributed by atoms with Gasteiger partial charge >= 0.3 is 5.91 Å². The zero-order valence-electron chi connectivity index (χ0n) is 12.1. The molecule has 2 atom stereocenters. The van der Waals surface area contributed by atoms with Crippen LogP contribution in [-0.2, 0) is 9.59 Å². The number of carbonyl (C=O) groups excluding carboxylic acids is 3.